The van der Waals surface area contributed by atoms with Crippen LogP contribution < -0.4 is 14.8 Å². The molecule has 0 saturated carbocycles. The van der Waals surface area contributed by atoms with Gasteiger partial charge in [0.05, 0.1) is 20.8 Å². The number of hydrogen-bond donors (Lipinski definition) is 1. The number of amides is 1. The maximum atomic E-state index is 11.8. The fourth-order valence-electron chi connectivity index (χ4n) is 1.89. The maximum Gasteiger partial charge on any atom is 0.330 e. The molecule has 0 aliphatic rings. The predicted octanol–water partition coefficient (Wildman–Crippen LogP) is 1.41. The number of benzene rings is 1. The lowest BCUT2D eigenvalue weighted by molar-refractivity contribution is -0.134. The average molecular weight is 337 g/mol. The first-order chi connectivity index (χ1) is 11.5. The van der Waals surface area contributed by atoms with Gasteiger partial charge in [0.2, 0.25) is 0 Å². The van der Waals surface area contributed by atoms with Crippen LogP contribution in [0.5, 0.6) is 11.5 Å². The molecule has 0 saturated heterocycles. The average Bonchev–Trinajstić information content (AvgIpc) is 2.58. The van der Waals surface area contributed by atoms with Gasteiger partial charge in [0.1, 0.15) is 0 Å². The van der Waals surface area contributed by atoms with Crippen molar-refractivity contribution in [2.24, 2.45) is 0 Å². The first kappa shape index (κ1) is 19.5. The Labute approximate surface area is 141 Å². The molecule has 1 unspecified atom stereocenters. The Morgan fingerprint density at radius 3 is 2.58 bits per heavy atom. The zero-order valence-electron chi connectivity index (χ0n) is 14.3. The van der Waals surface area contributed by atoms with Crippen LogP contribution in [0.3, 0.4) is 0 Å². The molecule has 0 heterocycles. The van der Waals surface area contributed by atoms with Gasteiger partial charge in [0.15, 0.2) is 18.1 Å². The molecule has 7 heteroatoms. The summed E-state index contributed by atoms with van der Waals surface area (Å²) in [7, 11) is 4.37. The Bertz CT molecular complexity index is 584. The normalized spacial score (nSPS) is 11.8. The molecule has 0 aliphatic heterocycles. The van der Waals surface area contributed by atoms with Crippen LogP contribution in [-0.4, -0.2) is 52.5 Å². The van der Waals surface area contributed by atoms with Gasteiger partial charge in [0.25, 0.3) is 5.91 Å². The fourth-order valence-corrected chi connectivity index (χ4v) is 1.89. The second-order valence-electron chi connectivity index (χ2n) is 4.98. The summed E-state index contributed by atoms with van der Waals surface area (Å²) in [5.41, 5.74) is 0.739. The van der Waals surface area contributed by atoms with Gasteiger partial charge >= 0.3 is 5.97 Å². The number of methoxy groups -OCH3 is 3. The van der Waals surface area contributed by atoms with Gasteiger partial charge in [-0.05, 0) is 30.7 Å². The highest BCUT2D eigenvalue weighted by Gasteiger charge is 2.10. The Morgan fingerprint density at radius 2 is 1.96 bits per heavy atom. The number of hydrogen-bond acceptors (Lipinski definition) is 6. The van der Waals surface area contributed by atoms with Crippen LogP contribution >= 0.6 is 0 Å². The van der Waals surface area contributed by atoms with Gasteiger partial charge in [-0.2, -0.15) is 0 Å². The molecular weight excluding hydrogens is 314 g/mol. The summed E-state index contributed by atoms with van der Waals surface area (Å²) < 4.78 is 20.2. The molecule has 0 bridgehead atoms. The van der Waals surface area contributed by atoms with E-state index < -0.39 is 5.97 Å². The number of nitrogens with one attached hydrogen (secondary N) is 1. The quantitative estimate of drug-likeness (QED) is 0.542. The summed E-state index contributed by atoms with van der Waals surface area (Å²) in [6, 6.07) is 5.00. The number of ether oxygens (including phenoxy) is 4. The molecule has 1 aromatic rings. The van der Waals surface area contributed by atoms with Crippen molar-refractivity contribution in [1.82, 2.24) is 5.32 Å². The van der Waals surface area contributed by atoms with Crippen LogP contribution in [0.4, 0.5) is 0 Å². The molecule has 24 heavy (non-hydrogen) atoms. The molecule has 1 atom stereocenters. The summed E-state index contributed by atoms with van der Waals surface area (Å²) in [5.74, 6) is 0.189. The highest BCUT2D eigenvalue weighted by Crippen LogP contribution is 2.28. The molecule has 132 valence electrons. The van der Waals surface area contributed by atoms with E-state index in [4.69, 9.17) is 14.2 Å². The number of carbonyl (C=O) groups excluding carboxylic acids is 2. The highest BCUT2D eigenvalue weighted by atomic mass is 16.5. The molecule has 0 spiro atoms. The van der Waals surface area contributed by atoms with Crippen LogP contribution in [0.25, 0.3) is 6.08 Å². The molecule has 1 aromatic carbocycles. The molecule has 0 fully saturated rings. The van der Waals surface area contributed by atoms with Crippen molar-refractivity contribution in [1.29, 1.82) is 0 Å². The molecule has 1 rings (SSSR count). The van der Waals surface area contributed by atoms with Crippen molar-refractivity contribution in [3.05, 3.63) is 29.8 Å². The van der Waals surface area contributed by atoms with E-state index in [0.29, 0.717) is 18.1 Å². The first-order valence-electron chi connectivity index (χ1n) is 7.35. The van der Waals surface area contributed by atoms with E-state index in [2.05, 4.69) is 10.1 Å². The van der Waals surface area contributed by atoms with E-state index >= 15 is 0 Å². The Hall–Kier alpha value is -2.54. The van der Waals surface area contributed by atoms with E-state index in [0.717, 1.165) is 5.56 Å². The number of carbonyl (C=O) groups is 2. The number of rotatable bonds is 9. The summed E-state index contributed by atoms with van der Waals surface area (Å²) in [6.45, 7) is 2.13. The lowest BCUT2D eigenvalue weighted by Crippen LogP contribution is -2.38. The second-order valence-corrected chi connectivity index (χ2v) is 4.98. The van der Waals surface area contributed by atoms with Crippen molar-refractivity contribution in [3.63, 3.8) is 0 Å². The van der Waals surface area contributed by atoms with Crippen molar-refractivity contribution in [3.8, 4) is 11.5 Å². The van der Waals surface area contributed by atoms with Crippen LogP contribution in [0.2, 0.25) is 0 Å². The highest BCUT2D eigenvalue weighted by molar-refractivity contribution is 5.87. The van der Waals surface area contributed by atoms with E-state index in [1.54, 1.807) is 31.4 Å². The van der Waals surface area contributed by atoms with Gasteiger partial charge in [-0.25, -0.2) is 4.79 Å². The third-order valence-electron chi connectivity index (χ3n) is 2.98. The molecule has 0 radical (unpaired) electrons. The minimum absolute atomic E-state index is 0.0983. The first-order valence-corrected chi connectivity index (χ1v) is 7.35. The molecule has 0 aromatic heterocycles. The van der Waals surface area contributed by atoms with Gasteiger partial charge in [-0.15, -0.1) is 0 Å². The standard InChI is InChI=1S/C17H23NO6/c1-12(10-21-2)18-16(19)11-24-14-7-5-13(9-15(14)22-3)6-8-17(20)23-4/h5-9,12H,10-11H2,1-4H3,(H,18,19)/b8-6+. The third-order valence-corrected chi connectivity index (χ3v) is 2.98. The molecule has 0 aliphatic carbocycles. The van der Waals surface area contributed by atoms with Crippen LogP contribution in [0, 0.1) is 0 Å². The van der Waals surface area contributed by atoms with E-state index in [-0.39, 0.29) is 18.6 Å². The third kappa shape index (κ3) is 6.70. The zero-order valence-corrected chi connectivity index (χ0v) is 14.3. The Morgan fingerprint density at radius 1 is 1.21 bits per heavy atom. The summed E-state index contributed by atoms with van der Waals surface area (Å²) in [5, 5.41) is 2.75. The smallest absolute Gasteiger partial charge is 0.330 e. The van der Waals surface area contributed by atoms with E-state index in [1.165, 1.54) is 20.3 Å². The topological polar surface area (TPSA) is 83.1 Å². The lowest BCUT2D eigenvalue weighted by atomic mass is 10.2. The van der Waals surface area contributed by atoms with Crippen LogP contribution in [0.1, 0.15) is 12.5 Å². The molecule has 7 nitrogen and oxygen atoms in total. The SMILES string of the molecule is COCC(C)NC(=O)COc1ccc(/C=C/C(=O)OC)cc1OC. The van der Waals surface area contributed by atoms with E-state index in [1.807, 2.05) is 6.92 Å². The lowest BCUT2D eigenvalue weighted by Gasteiger charge is -2.14. The van der Waals surface area contributed by atoms with Gasteiger partial charge in [0, 0.05) is 19.2 Å². The summed E-state index contributed by atoms with van der Waals surface area (Å²) >= 11 is 0. The summed E-state index contributed by atoms with van der Waals surface area (Å²) in [4.78, 5) is 22.9. The van der Waals surface area contributed by atoms with Crippen molar-refractivity contribution in [2.75, 3.05) is 34.5 Å². The molecule has 1 N–H and O–H groups in total. The second kappa shape index (κ2) is 10.3. The van der Waals surface area contributed by atoms with Crippen LogP contribution in [0.15, 0.2) is 24.3 Å². The zero-order chi connectivity index (χ0) is 17.9. The predicted molar refractivity (Wildman–Crippen MR) is 89.0 cm³/mol. The molecular formula is C17H23NO6. The van der Waals surface area contributed by atoms with E-state index in [9.17, 15) is 9.59 Å². The minimum atomic E-state index is -0.448. The van der Waals surface area contributed by atoms with Crippen molar-refractivity contribution < 1.29 is 28.5 Å². The minimum Gasteiger partial charge on any atom is -0.493 e. The summed E-state index contributed by atoms with van der Waals surface area (Å²) in [6.07, 6.45) is 2.90. The monoisotopic (exact) mass is 337 g/mol. The van der Waals surface area contributed by atoms with Crippen molar-refractivity contribution >= 4 is 18.0 Å². The Balaban J connectivity index is 2.67. The fraction of sp³-hybridized carbons (Fsp3) is 0.412. The van der Waals surface area contributed by atoms with Gasteiger partial charge in [-0.1, -0.05) is 6.07 Å². The largest absolute Gasteiger partial charge is 0.493 e. The van der Waals surface area contributed by atoms with Crippen LogP contribution in [-0.2, 0) is 19.1 Å². The van der Waals surface area contributed by atoms with Gasteiger partial charge in [-0.3, -0.25) is 4.79 Å². The Kier molecular flexibility index (Phi) is 8.35. The number of esters is 1. The van der Waals surface area contributed by atoms with Crippen molar-refractivity contribution in [2.45, 2.75) is 13.0 Å². The van der Waals surface area contributed by atoms with Gasteiger partial charge < -0.3 is 24.3 Å². The molecule has 1 amide bonds. The maximum absolute atomic E-state index is 11.8.